The van der Waals surface area contributed by atoms with E-state index in [1.54, 1.807) is 12.1 Å². The van der Waals surface area contributed by atoms with Gasteiger partial charge in [0.25, 0.3) is 0 Å². The molecule has 12 heteroatoms. The average molecular weight is 568 g/mol. The van der Waals surface area contributed by atoms with Gasteiger partial charge in [0.05, 0.1) is 18.1 Å². The molecule has 0 saturated carbocycles. The maximum Gasteiger partial charge on any atom is 0.409 e. The van der Waals surface area contributed by atoms with Crippen LogP contribution >= 0.6 is 11.3 Å². The lowest BCUT2D eigenvalue weighted by Gasteiger charge is -2.40. The normalized spacial score (nSPS) is 18.4. The predicted molar refractivity (Wildman–Crippen MR) is 144 cm³/mol. The van der Waals surface area contributed by atoms with Crippen LogP contribution in [-0.2, 0) is 20.9 Å². The Bertz CT molecular complexity index is 1300. The Morgan fingerprint density at radius 1 is 1.30 bits per heavy atom. The summed E-state index contributed by atoms with van der Waals surface area (Å²) in [5.74, 6) is -1.08. The molecule has 2 atom stereocenters. The summed E-state index contributed by atoms with van der Waals surface area (Å²) in [6, 6.07) is 8.03. The van der Waals surface area contributed by atoms with E-state index in [9.17, 15) is 28.0 Å². The number of halogens is 1. The van der Waals surface area contributed by atoms with Crippen LogP contribution in [0.2, 0.25) is 18.1 Å². The van der Waals surface area contributed by atoms with Crippen LogP contribution in [0.5, 0.6) is 0 Å². The predicted octanol–water partition coefficient (Wildman–Crippen LogP) is 6.30. The summed E-state index contributed by atoms with van der Waals surface area (Å²) in [5.41, 5.74) is 1.09. The molecule has 0 aliphatic heterocycles. The molecule has 1 aromatic heterocycles. The highest BCUT2D eigenvalue weighted by Gasteiger charge is 2.45. The summed E-state index contributed by atoms with van der Waals surface area (Å²) >= 11 is 1.04. The lowest BCUT2D eigenvalue weighted by molar-refractivity contribution is 0.164. The van der Waals surface area contributed by atoms with E-state index in [-0.39, 0.29) is 27.3 Å². The zero-order valence-corrected chi connectivity index (χ0v) is 24.6. The summed E-state index contributed by atoms with van der Waals surface area (Å²) in [4.78, 5) is 12.0. The molecular formula is C25H34FN3O5S2Si. The Morgan fingerprint density at radius 3 is 2.46 bits per heavy atom. The van der Waals surface area contributed by atoms with Crippen molar-refractivity contribution in [2.45, 2.75) is 75.1 Å². The van der Waals surface area contributed by atoms with Gasteiger partial charge in [-0.15, -0.1) is 11.3 Å². The summed E-state index contributed by atoms with van der Waals surface area (Å²) in [5, 5.41) is 21.6. The standard InChI is InChI=1S/C25H34FN3O5S2Si/c1-25(2,3)37(5,6)34-19-12-9-17(15-27)20-21(19)35-23(28-24(30)31)22(20)36(32,33)29(4)14-13-16-7-10-18(26)11-8-16/h7-8,10-11,17,19,28H,9,12-14H2,1-6H3,(H,30,31). The zero-order valence-electron chi connectivity index (χ0n) is 22.0. The SMILES string of the molecule is CN(CCc1ccc(F)cc1)S(=O)(=O)c1c(NC(=O)O)sc2c1C(C#N)CCC2O[Si](C)(C)C(C)(C)C. The number of nitrogens with zero attached hydrogens (tertiary/aromatic N) is 2. The lowest BCUT2D eigenvalue weighted by Crippen LogP contribution is -2.42. The van der Waals surface area contributed by atoms with E-state index in [1.807, 2.05) is 0 Å². The third-order valence-corrected chi connectivity index (χ3v) is 15.0. The number of hydrogen-bond donors (Lipinski definition) is 2. The average Bonchev–Trinajstić information content (AvgIpc) is 3.17. The number of carboxylic acid groups (broad SMARTS) is 1. The molecule has 0 bridgehead atoms. The Balaban J connectivity index is 2.06. The second-order valence-corrected chi connectivity index (χ2v) is 18.6. The fourth-order valence-electron chi connectivity index (χ4n) is 4.03. The van der Waals surface area contributed by atoms with Crippen LogP contribution in [0, 0.1) is 17.1 Å². The molecule has 1 heterocycles. The van der Waals surface area contributed by atoms with Crippen molar-refractivity contribution in [3.05, 3.63) is 46.1 Å². The first kappa shape index (κ1) is 29.3. The monoisotopic (exact) mass is 567 g/mol. The molecule has 1 aromatic carbocycles. The van der Waals surface area contributed by atoms with Gasteiger partial charge in [0, 0.05) is 24.0 Å². The molecule has 0 radical (unpaired) electrons. The Labute approximate surface area is 223 Å². The van der Waals surface area contributed by atoms with Gasteiger partial charge in [-0.3, -0.25) is 5.32 Å². The fourth-order valence-corrected chi connectivity index (χ4v) is 8.59. The summed E-state index contributed by atoms with van der Waals surface area (Å²) in [6.07, 6.45) is -0.519. The number of nitrogens with one attached hydrogen (secondary N) is 1. The number of fused-ring (bicyclic) bond motifs is 1. The first-order valence-corrected chi connectivity index (χ1v) is 17.2. The van der Waals surface area contributed by atoms with Crippen molar-refractivity contribution in [2.24, 2.45) is 0 Å². The van der Waals surface area contributed by atoms with Crippen molar-refractivity contribution in [3.8, 4) is 6.07 Å². The van der Waals surface area contributed by atoms with E-state index < -0.39 is 36.5 Å². The minimum Gasteiger partial charge on any atom is -0.465 e. The number of amides is 1. The molecule has 1 aliphatic carbocycles. The minimum atomic E-state index is -4.18. The smallest absolute Gasteiger partial charge is 0.409 e. The number of benzene rings is 1. The number of sulfonamides is 1. The molecule has 0 saturated heterocycles. The topological polar surface area (TPSA) is 120 Å². The van der Waals surface area contributed by atoms with Gasteiger partial charge >= 0.3 is 6.09 Å². The van der Waals surface area contributed by atoms with Gasteiger partial charge in [-0.1, -0.05) is 32.9 Å². The molecule has 37 heavy (non-hydrogen) atoms. The van der Waals surface area contributed by atoms with E-state index in [0.717, 1.165) is 21.2 Å². The fraction of sp³-hybridized carbons (Fsp3) is 0.520. The highest BCUT2D eigenvalue weighted by Crippen LogP contribution is 2.53. The van der Waals surface area contributed by atoms with E-state index in [2.05, 4.69) is 45.3 Å². The maximum atomic E-state index is 13.9. The van der Waals surface area contributed by atoms with Crippen LogP contribution in [0.15, 0.2) is 29.2 Å². The molecule has 2 N–H and O–H groups in total. The Morgan fingerprint density at radius 2 is 1.92 bits per heavy atom. The number of thiophene rings is 1. The van der Waals surface area contributed by atoms with E-state index >= 15 is 0 Å². The van der Waals surface area contributed by atoms with Crippen molar-refractivity contribution in [2.75, 3.05) is 18.9 Å². The molecule has 1 amide bonds. The molecule has 0 spiro atoms. The third-order valence-electron chi connectivity index (χ3n) is 7.20. The minimum absolute atomic E-state index is 0.0305. The van der Waals surface area contributed by atoms with Gasteiger partial charge in [-0.2, -0.15) is 5.26 Å². The van der Waals surface area contributed by atoms with Gasteiger partial charge in [0.1, 0.15) is 15.7 Å². The molecule has 202 valence electrons. The Hall–Kier alpha value is -2.30. The molecule has 1 aliphatic rings. The number of rotatable bonds is 8. The van der Waals surface area contributed by atoms with E-state index in [0.29, 0.717) is 29.7 Å². The molecular weight excluding hydrogens is 534 g/mol. The molecule has 2 aromatic rings. The summed E-state index contributed by atoms with van der Waals surface area (Å²) in [7, 11) is -5.02. The van der Waals surface area contributed by atoms with Crippen molar-refractivity contribution in [1.82, 2.24) is 4.31 Å². The first-order valence-electron chi connectivity index (χ1n) is 12.0. The second kappa shape index (κ2) is 10.8. The highest BCUT2D eigenvalue weighted by atomic mass is 32.2. The van der Waals surface area contributed by atoms with Crippen molar-refractivity contribution >= 4 is 40.8 Å². The summed E-state index contributed by atoms with van der Waals surface area (Å²) < 4.78 is 48.8. The first-order chi connectivity index (χ1) is 17.1. The zero-order chi connectivity index (χ0) is 27.8. The van der Waals surface area contributed by atoms with Crippen molar-refractivity contribution < 1.29 is 27.1 Å². The molecule has 3 rings (SSSR count). The lowest BCUT2D eigenvalue weighted by atomic mass is 9.87. The number of carbonyl (C=O) groups is 1. The van der Waals surface area contributed by atoms with Crippen LogP contribution in [0.1, 0.15) is 61.6 Å². The number of likely N-dealkylation sites (N-methyl/N-ethyl adjacent to an activating group) is 1. The van der Waals surface area contributed by atoms with E-state index in [1.165, 1.54) is 19.2 Å². The van der Waals surface area contributed by atoms with Crippen molar-refractivity contribution in [1.29, 1.82) is 5.26 Å². The molecule has 2 unspecified atom stereocenters. The largest absolute Gasteiger partial charge is 0.465 e. The van der Waals surface area contributed by atoms with Crippen LogP contribution < -0.4 is 5.32 Å². The van der Waals surface area contributed by atoms with Gasteiger partial charge in [-0.25, -0.2) is 21.9 Å². The Kier molecular flexibility index (Phi) is 8.56. The third kappa shape index (κ3) is 6.23. The van der Waals surface area contributed by atoms with E-state index in [4.69, 9.17) is 4.43 Å². The van der Waals surface area contributed by atoms with Crippen LogP contribution in [0.25, 0.3) is 0 Å². The molecule has 8 nitrogen and oxygen atoms in total. The van der Waals surface area contributed by atoms with Crippen molar-refractivity contribution in [3.63, 3.8) is 0 Å². The summed E-state index contributed by atoms with van der Waals surface area (Å²) in [6.45, 7) is 10.6. The van der Waals surface area contributed by atoms with Gasteiger partial charge in [0.15, 0.2) is 8.32 Å². The number of hydrogen-bond acceptors (Lipinski definition) is 6. The quantitative estimate of drug-likeness (QED) is 0.361. The molecule has 0 fully saturated rings. The number of anilines is 1. The van der Waals surface area contributed by atoms with Gasteiger partial charge in [-0.05, 0) is 55.1 Å². The van der Waals surface area contributed by atoms with Gasteiger partial charge in [0.2, 0.25) is 10.0 Å². The van der Waals surface area contributed by atoms with Crippen LogP contribution in [0.3, 0.4) is 0 Å². The maximum absolute atomic E-state index is 13.9. The van der Waals surface area contributed by atoms with Gasteiger partial charge < -0.3 is 9.53 Å². The van der Waals surface area contributed by atoms with Crippen LogP contribution in [0.4, 0.5) is 14.2 Å². The number of nitriles is 1. The van der Waals surface area contributed by atoms with Crippen LogP contribution in [-0.4, -0.2) is 45.8 Å². The second-order valence-electron chi connectivity index (χ2n) is 10.8. The highest BCUT2D eigenvalue weighted by molar-refractivity contribution is 7.89.